The Labute approximate surface area is 101 Å². The number of carbonyl (C=O) groups excluding carboxylic acids is 1. The maximum atomic E-state index is 11.6. The van der Waals surface area contributed by atoms with E-state index in [0.717, 1.165) is 12.8 Å². The highest BCUT2D eigenvalue weighted by atomic mass is 16.1. The van der Waals surface area contributed by atoms with Crippen LogP contribution in [0.5, 0.6) is 0 Å². The molecule has 0 aromatic rings. The van der Waals surface area contributed by atoms with Crippen LogP contribution in [0, 0.1) is 11.3 Å². The molecule has 0 aromatic carbocycles. The van der Waals surface area contributed by atoms with E-state index in [9.17, 15) is 4.79 Å². The predicted molar refractivity (Wildman–Crippen MR) is 70.4 cm³/mol. The zero-order valence-corrected chi connectivity index (χ0v) is 12.1. The zero-order chi connectivity index (χ0) is 13.0. The Balaban J connectivity index is 4.88. The van der Waals surface area contributed by atoms with Gasteiger partial charge in [-0.05, 0) is 25.2 Å². The molecule has 0 aromatic heterocycles. The third-order valence-corrected chi connectivity index (χ3v) is 4.39. The first-order chi connectivity index (χ1) is 7.22. The third-order valence-electron chi connectivity index (χ3n) is 4.39. The first kappa shape index (κ1) is 15.5. The third kappa shape index (κ3) is 3.23. The van der Waals surface area contributed by atoms with E-state index in [0.29, 0.717) is 12.3 Å². The van der Waals surface area contributed by atoms with E-state index in [1.165, 1.54) is 0 Å². The number of carbonyl (C=O) groups is 1. The number of hydrogen-bond acceptors (Lipinski definition) is 1. The molecule has 2 nitrogen and oxygen atoms in total. The molecule has 0 rings (SSSR count). The highest BCUT2D eigenvalue weighted by Crippen LogP contribution is 2.41. The Morgan fingerprint density at radius 3 is 1.81 bits per heavy atom. The van der Waals surface area contributed by atoms with Crippen LogP contribution in [0.2, 0.25) is 0 Å². The molecule has 0 aliphatic carbocycles. The molecule has 0 fully saturated rings. The minimum Gasteiger partial charge on any atom is -0.351 e. The Morgan fingerprint density at radius 2 is 1.50 bits per heavy atom. The lowest BCUT2D eigenvalue weighted by Crippen LogP contribution is -2.56. The smallest absolute Gasteiger partial charge is 0.220 e. The first-order valence-corrected chi connectivity index (χ1v) is 6.53. The lowest BCUT2D eigenvalue weighted by Gasteiger charge is -2.47. The van der Waals surface area contributed by atoms with Gasteiger partial charge in [0.05, 0.1) is 0 Å². The molecule has 0 saturated heterocycles. The van der Waals surface area contributed by atoms with E-state index in [1.54, 1.807) is 0 Å². The molecule has 0 unspecified atom stereocenters. The van der Waals surface area contributed by atoms with Gasteiger partial charge in [-0.2, -0.15) is 0 Å². The molecule has 0 heterocycles. The van der Waals surface area contributed by atoms with Crippen molar-refractivity contribution in [3.05, 3.63) is 0 Å². The van der Waals surface area contributed by atoms with Gasteiger partial charge >= 0.3 is 0 Å². The summed E-state index contributed by atoms with van der Waals surface area (Å²) in [5.41, 5.74) is -0.0435. The number of hydrogen-bond donors (Lipinski definition) is 1. The molecule has 0 aliphatic heterocycles. The minimum atomic E-state index is -0.156. The molecule has 0 radical (unpaired) electrons. The van der Waals surface area contributed by atoms with Gasteiger partial charge in [0.25, 0.3) is 0 Å². The molecular weight excluding hydrogens is 198 g/mol. The molecule has 2 heteroatoms. The van der Waals surface area contributed by atoms with Crippen LogP contribution < -0.4 is 5.32 Å². The molecule has 0 saturated carbocycles. The summed E-state index contributed by atoms with van der Waals surface area (Å²) in [6.45, 7) is 15.2. The predicted octanol–water partition coefficient (Wildman–Crippen LogP) is 3.75. The van der Waals surface area contributed by atoms with Gasteiger partial charge in [-0.15, -0.1) is 0 Å². The second-order valence-electron chi connectivity index (χ2n) is 5.76. The number of amides is 1. The highest BCUT2D eigenvalue weighted by molar-refractivity contribution is 5.76. The van der Waals surface area contributed by atoms with Crippen LogP contribution >= 0.6 is 0 Å². The summed E-state index contributed by atoms with van der Waals surface area (Å²) in [6.07, 6.45) is 2.88. The summed E-state index contributed by atoms with van der Waals surface area (Å²) in [5, 5.41) is 3.16. The molecule has 0 atom stereocenters. The standard InChI is InChI=1S/C14H29NO/c1-8-11(9-2)13(4,5)14(6,7)15-12(16)10-3/h11H,8-10H2,1-7H3,(H,15,16). The van der Waals surface area contributed by atoms with Crippen molar-refractivity contribution in [2.75, 3.05) is 0 Å². The van der Waals surface area contributed by atoms with Gasteiger partial charge in [-0.1, -0.05) is 47.5 Å². The fraction of sp³-hybridized carbons (Fsp3) is 0.929. The Hall–Kier alpha value is -0.530. The average Bonchev–Trinajstić information content (AvgIpc) is 2.18. The van der Waals surface area contributed by atoms with Gasteiger partial charge in [0.15, 0.2) is 0 Å². The van der Waals surface area contributed by atoms with E-state index in [1.807, 2.05) is 6.92 Å². The molecule has 0 bridgehead atoms. The van der Waals surface area contributed by atoms with Crippen molar-refractivity contribution in [1.82, 2.24) is 5.32 Å². The monoisotopic (exact) mass is 227 g/mol. The van der Waals surface area contributed by atoms with Crippen LogP contribution in [0.15, 0.2) is 0 Å². The summed E-state index contributed by atoms with van der Waals surface area (Å²) in [5.74, 6) is 0.781. The van der Waals surface area contributed by atoms with Crippen LogP contribution in [-0.4, -0.2) is 11.4 Å². The molecule has 0 spiro atoms. The molecule has 1 amide bonds. The fourth-order valence-electron chi connectivity index (χ4n) is 2.42. The van der Waals surface area contributed by atoms with Crippen molar-refractivity contribution in [3.8, 4) is 0 Å². The van der Waals surface area contributed by atoms with Crippen LogP contribution in [-0.2, 0) is 4.79 Å². The van der Waals surface area contributed by atoms with Gasteiger partial charge < -0.3 is 5.32 Å². The SMILES string of the molecule is CCC(=O)NC(C)(C)C(C)(C)C(CC)CC. The Kier molecular flexibility index (Phi) is 5.51. The average molecular weight is 227 g/mol. The topological polar surface area (TPSA) is 29.1 Å². The minimum absolute atomic E-state index is 0.112. The fourth-order valence-corrected chi connectivity index (χ4v) is 2.42. The van der Waals surface area contributed by atoms with Crippen LogP contribution in [0.25, 0.3) is 0 Å². The maximum absolute atomic E-state index is 11.6. The Morgan fingerprint density at radius 1 is 1.06 bits per heavy atom. The van der Waals surface area contributed by atoms with Crippen molar-refractivity contribution < 1.29 is 4.79 Å². The van der Waals surface area contributed by atoms with E-state index < -0.39 is 0 Å². The highest BCUT2D eigenvalue weighted by Gasteiger charge is 2.42. The maximum Gasteiger partial charge on any atom is 0.220 e. The van der Waals surface area contributed by atoms with Gasteiger partial charge in [-0.25, -0.2) is 0 Å². The molecule has 1 N–H and O–H groups in total. The summed E-state index contributed by atoms with van der Waals surface area (Å²) in [6, 6.07) is 0. The first-order valence-electron chi connectivity index (χ1n) is 6.53. The zero-order valence-electron chi connectivity index (χ0n) is 12.1. The van der Waals surface area contributed by atoms with Crippen molar-refractivity contribution in [1.29, 1.82) is 0 Å². The summed E-state index contributed by atoms with van der Waals surface area (Å²) < 4.78 is 0. The molecule has 0 aliphatic rings. The van der Waals surface area contributed by atoms with E-state index in [2.05, 4.69) is 46.9 Å². The van der Waals surface area contributed by atoms with Gasteiger partial charge in [-0.3, -0.25) is 4.79 Å². The normalized spacial score (nSPS) is 13.0. The van der Waals surface area contributed by atoms with Gasteiger partial charge in [0.1, 0.15) is 0 Å². The van der Waals surface area contributed by atoms with Crippen LogP contribution in [0.4, 0.5) is 0 Å². The second kappa shape index (κ2) is 5.70. The summed E-state index contributed by atoms with van der Waals surface area (Å²) in [7, 11) is 0. The second-order valence-corrected chi connectivity index (χ2v) is 5.76. The Bertz CT molecular complexity index is 227. The lowest BCUT2D eigenvalue weighted by molar-refractivity contribution is -0.124. The quantitative estimate of drug-likeness (QED) is 0.735. The summed E-state index contributed by atoms with van der Waals surface area (Å²) >= 11 is 0. The van der Waals surface area contributed by atoms with Crippen LogP contribution in [0.1, 0.15) is 67.7 Å². The lowest BCUT2D eigenvalue weighted by atomic mass is 9.64. The van der Waals surface area contributed by atoms with Crippen molar-refractivity contribution in [2.24, 2.45) is 11.3 Å². The van der Waals surface area contributed by atoms with Gasteiger partial charge in [0, 0.05) is 12.0 Å². The molecule has 96 valence electrons. The van der Waals surface area contributed by atoms with Crippen molar-refractivity contribution in [3.63, 3.8) is 0 Å². The molecular formula is C14H29NO. The summed E-state index contributed by atoms with van der Waals surface area (Å²) in [4.78, 5) is 11.6. The van der Waals surface area contributed by atoms with Crippen LogP contribution in [0.3, 0.4) is 0 Å². The van der Waals surface area contributed by atoms with E-state index >= 15 is 0 Å². The molecule has 16 heavy (non-hydrogen) atoms. The van der Waals surface area contributed by atoms with E-state index in [4.69, 9.17) is 0 Å². The van der Waals surface area contributed by atoms with Crippen molar-refractivity contribution in [2.45, 2.75) is 73.3 Å². The number of nitrogens with one attached hydrogen (secondary N) is 1. The van der Waals surface area contributed by atoms with E-state index in [-0.39, 0.29) is 16.9 Å². The van der Waals surface area contributed by atoms with Crippen molar-refractivity contribution >= 4 is 5.91 Å². The largest absolute Gasteiger partial charge is 0.351 e. The number of rotatable bonds is 6. The van der Waals surface area contributed by atoms with Gasteiger partial charge in [0.2, 0.25) is 5.91 Å².